The molecule has 8 heteroatoms. The van der Waals surface area contributed by atoms with Crippen molar-refractivity contribution in [2.24, 2.45) is 4.99 Å². The molecule has 0 aliphatic carbocycles. The zero-order valence-corrected chi connectivity index (χ0v) is 20.0. The van der Waals surface area contributed by atoms with Crippen LogP contribution in [-0.2, 0) is 16.1 Å². The van der Waals surface area contributed by atoms with Gasteiger partial charge in [0.1, 0.15) is 11.9 Å². The Hall–Kier alpha value is -1.55. The number of nitrogens with one attached hydrogen (secondary N) is 1. The van der Waals surface area contributed by atoms with E-state index in [0.717, 1.165) is 55.3 Å². The number of amides is 1. The Morgan fingerprint density at radius 1 is 1.28 bits per heavy atom. The summed E-state index contributed by atoms with van der Waals surface area (Å²) in [6, 6.07) is 6.16. The highest BCUT2D eigenvalue weighted by Gasteiger charge is 2.30. The maximum atomic E-state index is 12.5. The van der Waals surface area contributed by atoms with Gasteiger partial charge in [0.05, 0.1) is 13.7 Å². The molecular weight excluding hydrogens is 483 g/mol. The molecule has 2 heterocycles. The molecule has 29 heavy (non-hydrogen) atoms. The van der Waals surface area contributed by atoms with Gasteiger partial charge < -0.3 is 24.6 Å². The lowest BCUT2D eigenvalue weighted by Crippen LogP contribution is -2.55. The standard InChI is InChI=1S/C21H32N4O3.HI/c1-4-22-21(23-15-17-7-8-18(27-3)16(2)14-17)25-11-9-24(10-12-25)20(26)19-6-5-13-28-19;/h7-8,14,19H,4-6,9-13,15H2,1-3H3,(H,22,23);1H. The molecule has 2 saturated heterocycles. The zero-order valence-electron chi connectivity index (χ0n) is 17.6. The Kier molecular flexibility index (Phi) is 9.48. The Balaban J connectivity index is 0.00000300. The number of rotatable bonds is 5. The number of hydrogen-bond acceptors (Lipinski definition) is 4. The second kappa shape index (κ2) is 11.6. The Labute approximate surface area is 190 Å². The van der Waals surface area contributed by atoms with Crippen molar-refractivity contribution in [3.05, 3.63) is 29.3 Å². The van der Waals surface area contributed by atoms with Crippen molar-refractivity contribution in [2.45, 2.75) is 39.3 Å². The van der Waals surface area contributed by atoms with Crippen LogP contribution in [0.2, 0.25) is 0 Å². The summed E-state index contributed by atoms with van der Waals surface area (Å²) < 4.78 is 10.9. The molecule has 1 aromatic carbocycles. The first-order valence-electron chi connectivity index (χ1n) is 10.2. The van der Waals surface area contributed by atoms with Crippen LogP contribution >= 0.6 is 24.0 Å². The van der Waals surface area contributed by atoms with Crippen LogP contribution < -0.4 is 10.1 Å². The van der Waals surface area contributed by atoms with Gasteiger partial charge in [0, 0.05) is 39.3 Å². The van der Waals surface area contributed by atoms with Gasteiger partial charge in [-0.3, -0.25) is 4.79 Å². The Morgan fingerprint density at radius 2 is 2.00 bits per heavy atom. The van der Waals surface area contributed by atoms with Crippen molar-refractivity contribution in [1.82, 2.24) is 15.1 Å². The number of nitrogens with zero attached hydrogens (tertiary/aromatic N) is 3. The average Bonchev–Trinajstić information content (AvgIpc) is 3.26. The zero-order chi connectivity index (χ0) is 19.9. The maximum absolute atomic E-state index is 12.5. The number of hydrogen-bond donors (Lipinski definition) is 1. The number of benzene rings is 1. The third-order valence-electron chi connectivity index (χ3n) is 5.30. The summed E-state index contributed by atoms with van der Waals surface area (Å²) in [7, 11) is 1.69. The number of methoxy groups -OCH3 is 1. The van der Waals surface area contributed by atoms with Crippen molar-refractivity contribution < 1.29 is 14.3 Å². The quantitative estimate of drug-likeness (QED) is 0.370. The van der Waals surface area contributed by atoms with E-state index >= 15 is 0 Å². The summed E-state index contributed by atoms with van der Waals surface area (Å²) in [4.78, 5) is 21.5. The van der Waals surface area contributed by atoms with Crippen LogP contribution in [0.15, 0.2) is 23.2 Å². The summed E-state index contributed by atoms with van der Waals surface area (Å²) in [6.45, 7) is 9.25. The van der Waals surface area contributed by atoms with Crippen LogP contribution in [0.5, 0.6) is 5.75 Å². The second-order valence-electron chi connectivity index (χ2n) is 7.29. The molecule has 2 aliphatic heterocycles. The third-order valence-corrected chi connectivity index (χ3v) is 5.30. The van der Waals surface area contributed by atoms with Crippen molar-refractivity contribution in [2.75, 3.05) is 46.4 Å². The molecular formula is C21H33IN4O3. The molecule has 1 amide bonds. The number of aliphatic imine (C=N–C) groups is 1. The molecule has 1 unspecified atom stereocenters. The van der Waals surface area contributed by atoms with Crippen molar-refractivity contribution in [3.8, 4) is 5.75 Å². The van der Waals surface area contributed by atoms with Crippen LogP contribution in [0, 0.1) is 6.92 Å². The highest BCUT2D eigenvalue weighted by atomic mass is 127. The highest BCUT2D eigenvalue weighted by Crippen LogP contribution is 2.19. The molecule has 0 radical (unpaired) electrons. The lowest BCUT2D eigenvalue weighted by atomic mass is 10.1. The molecule has 162 valence electrons. The summed E-state index contributed by atoms with van der Waals surface area (Å²) in [6.07, 6.45) is 1.61. The van der Waals surface area contributed by atoms with Crippen molar-refractivity contribution in [3.63, 3.8) is 0 Å². The number of aryl methyl sites for hydroxylation is 1. The molecule has 0 aromatic heterocycles. The molecule has 1 atom stereocenters. The molecule has 1 N–H and O–H groups in total. The maximum Gasteiger partial charge on any atom is 0.251 e. The fourth-order valence-electron chi connectivity index (χ4n) is 3.75. The lowest BCUT2D eigenvalue weighted by Gasteiger charge is -2.37. The monoisotopic (exact) mass is 516 g/mol. The number of carbonyl (C=O) groups is 1. The topological polar surface area (TPSA) is 66.4 Å². The summed E-state index contributed by atoms with van der Waals surface area (Å²) in [5.41, 5.74) is 2.27. The van der Waals surface area contributed by atoms with Gasteiger partial charge in [-0.25, -0.2) is 4.99 Å². The summed E-state index contributed by atoms with van der Waals surface area (Å²) in [5, 5.41) is 3.38. The van der Waals surface area contributed by atoms with E-state index in [9.17, 15) is 4.79 Å². The van der Waals surface area contributed by atoms with Crippen molar-refractivity contribution in [1.29, 1.82) is 0 Å². The molecule has 0 saturated carbocycles. The largest absolute Gasteiger partial charge is 0.496 e. The SMILES string of the molecule is CCNC(=NCc1ccc(OC)c(C)c1)N1CCN(C(=O)C2CCCO2)CC1.I. The number of ether oxygens (including phenoxy) is 2. The van der Waals surface area contributed by atoms with E-state index in [1.807, 2.05) is 17.9 Å². The molecule has 2 fully saturated rings. The predicted octanol–water partition coefficient (Wildman–Crippen LogP) is 2.41. The smallest absolute Gasteiger partial charge is 0.251 e. The fraction of sp³-hybridized carbons (Fsp3) is 0.619. The first-order chi connectivity index (χ1) is 13.6. The van der Waals surface area contributed by atoms with E-state index in [4.69, 9.17) is 14.5 Å². The molecule has 1 aromatic rings. The molecule has 0 spiro atoms. The summed E-state index contributed by atoms with van der Waals surface area (Å²) >= 11 is 0. The van der Waals surface area contributed by atoms with E-state index in [0.29, 0.717) is 26.2 Å². The van der Waals surface area contributed by atoms with Crippen LogP contribution in [0.4, 0.5) is 0 Å². The molecule has 0 bridgehead atoms. The normalized spacial score (nSPS) is 19.7. The van der Waals surface area contributed by atoms with Gasteiger partial charge >= 0.3 is 0 Å². The van der Waals surface area contributed by atoms with Gasteiger partial charge in [0.15, 0.2) is 5.96 Å². The van der Waals surface area contributed by atoms with Gasteiger partial charge in [0.2, 0.25) is 0 Å². The van der Waals surface area contributed by atoms with E-state index in [2.05, 4.69) is 29.3 Å². The number of carbonyl (C=O) groups excluding carboxylic acids is 1. The molecule has 3 rings (SSSR count). The predicted molar refractivity (Wildman–Crippen MR) is 125 cm³/mol. The average molecular weight is 516 g/mol. The number of guanidine groups is 1. The van der Waals surface area contributed by atoms with E-state index in [1.165, 1.54) is 0 Å². The van der Waals surface area contributed by atoms with Gasteiger partial charge in [-0.05, 0) is 43.9 Å². The fourth-order valence-corrected chi connectivity index (χ4v) is 3.75. The lowest BCUT2D eigenvalue weighted by molar-refractivity contribution is -0.142. The number of halogens is 1. The van der Waals surface area contributed by atoms with E-state index in [1.54, 1.807) is 7.11 Å². The van der Waals surface area contributed by atoms with Crippen LogP contribution in [0.25, 0.3) is 0 Å². The Morgan fingerprint density at radius 3 is 2.59 bits per heavy atom. The van der Waals surface area contributed by atoms with Gasteiger partial charge in [0.25, 0.3) is 5.91 Å². The minimum Gasteiger partial charge on any atom is -0.496 e. The highest BCUT2D eigenvalue weighted by molar-refractivity contribution is 14.0. The molecule has 7 nitrogen and oxygen atoms in total. The third kappa shape index (κ3) is 6.21. The van der Waals surface area contributed by atoms with Gasteiger partial charge in [-0.2, -0.15) is 0 Å². The van der Waals surface area contributed by atoms with Crippen LogP contribution in [0.3, 0.4) is 0 Å². The molecule has 2 aliphatic rings. The first-order valence-corrected chi connectivity index (χ1v) is 10.2. The van der Waals surface area contributed by atoms with Crippen LogP contribution in [-0.4, -0.2) is 74.2 Å². The second-order valence-corrected chi connectivity index (χ2v) is 7.29. The minimum absolute atomic E-state index is 0. The summed E-state index contributed by atoms with van der Waals surface area (Å²) in [5.74, 6) is 1.94. The minimum atomic E-state index is -0.230. The van der Waals surface area contributed by atoms with E-state index in [-0.39, 0.29) is 36.0 Å². The first kappa shape index (κ1) is 23.7. The van der Waals surface area contributed by atoms with E-state index < -0.39 is 0 Å². The number of piperazine rings is 1. The van der Waals surface area contributed by atoms with Gasteiger partial charge in [-0.1, -0.05) is 12.1 Å². The van der Waals surface area contributed by atoms with Crippen molar-refractivity contribution >= 4 is 35.8 Å². The Bertz CT molecular complexity index is 699. The van der Waals surface area contributed by atoms with Crippen LogP contribution in [0.1, 0.15) is 30.9 Å². The van der Waals surface area contributed by atoms with Gasteiger partial charge in [-0.15, -0.1) is 24.0 Å².